The predicted octanol–water partition coefficient (Wildman–Crippen LogP) is 3.87. The van der Waals surface area contributed by atoms with Crippen LogP contribution in [0, 0.1) is 11.6 Å². The maximum Gasteiger partial charge on any atom is 0.226 e. The van der Waals surface area contributed by atoms with Crippen LogP contribution < -0.4 is 10.6 Å². The third kappa shape index (κ3) is 3.92. The fourth-order valence-electron chi connectivity index (χ4n) is 2.90. The molecule has 0 spiro atoms. The number of anilines is 1. The van der Waals surface area contributed by atoms with Crippen molar-refractivity contribution in [3.8, 4) is 0 Å². The summed E-state index contributed by atoms with van der Waals surface area (Å²) < 4.78 is 26.7. The van der Waals surface area contributed by atoms with Gasteiger partial charge in [-0.25, -0.2) is 8.78 Å². The molecular weight excluding hydrogens is 298 g/mol. The number of nitrogens with one attached hydrogen (secondary N) is 2. The van der Waals surface area contributed by atoms with E-state index in [1.54, 1.807) is 0 Å². The maximum absolute atomic E-state index is 13.7. The van der Waals surface area contributed by atoms with Gasteiger partial charge in [-0.2, -0.15) is 0 Å². The number of amides is 1. The van der Waals surface area contributed by atoms with Gasteiger partial charge >= 0.3 is 0 Å². The Morgan fingerprint density at radius 2 is 1.95 bits per heavy atom. The van der Waals surface area contributed by atoms with Crippen LogP contribution in [0.5, 0.6) is 0 Å². The van der Waals surface area contributed by atoms with Crippen LogP contribution in [0.3, 0.4) is 0 Å². The summed E-state index contributed by atoms with van der Waals surface area (Å²) in [4.78, 5) is 12.2. The van der Waals surface area contributed by atoms with Crippen molar-refractivity contribution in [1.82, 2.24) is 5.32 Å². The zero-order valence-electron chi connectivity index (χ0n) is 11.9. The van der Waals surface area contributed by atoms with Gasteiger partial charge in [-0.3, -0.25) is 4.79 Å². The van der Waals surface area contributed by atoms with E-state index in [-0.39, 0.29) is 28.6 Å². The van der Waals surface area contributed by atoms with Crippen LogP contribution in [0.15, 0.2) is 12.1 Å². The molecule has 1 amide bonds. The Kier molecular flexibility index (Phi) is 5.17. The molecule has 21 heavy (non-hydrogen) atoms. The molecule has 0 aromatic heterocycles. The summed E-state index contributed by atoms with van der Waals surface area (Å²) >= 11 is 5.78. The van der Waals surface area contributed by atoms with Crippen molar-refractivity contribution in [1.29, 1.82) is 0 Å². The van der Waals surface area contributed by atoms with Crippen LogP contribution in [0.2, 0.25) is 5.02 Å². The first kappa shape index (κ1) is 16.2. The van der Waals surface area contributed by atoms with Gasteiger partial charge in [0.1, 0.15) is 5.82 Å². The average Bonchev–Trinajstić information content (AvgIpc) is 2.44. The van der Waals surface area contributed by atoms with Crippen LogP contribution in [0.25, 0.3) is 0 Å². The zero-order chi connectivity index (χ0) is 15.5. The lowest BCUT2D eigenvalue weighted by Gasteiger charge is -2.36. The Balaban J connectivity index is 2.08. The zero-order valence-corrected chi connectivity index (χ0v) is 12.7. The second kappa shape index (κ2) is 6.71. The van der Waals surface area contributed by atoms with E-state index in [0.717, 1.165) is 31.7 Å². The highest BCUT2D eigenvalue weighted by atomic mass is 35.5. The molecule has 0 bridgehead atoms. The minimum Gasteiger partial charge on any atom is -0.322 e. The fourth-order valence-corrected chi connectivity index (χ4v) is 3.14. The molecule has 1 aliphatic rings. The first-order valence-corrected chi connectivity index (χ1v) is 7.47. The first-order valence-electron chi connectivity index (χ1n) is 7.09. The van der Waals surface area contributed by atoms with Gasteiger partial charge in [-0.05, 0) is 26.0 Å². The Morgan fingerprint density at radius 1 is 1.29 bits per heavy atom. The molecule has 1 aromatic carbocycles. The molecule has 0 saturated heterocycles. The SMILES string of the molecule is CNC1(CC(=O)Nc2c(F)cc(F)cc2Cl)CCCCC1. The number of carbonyl (C=O) groups excluding carboxylic acids is 1. The van der Waals surface area contributed by atoms with Gasteiger partial charge in [-0.1, -0.05) is 30.9 Å². The molecule has 0 unspecified atom stereocenters. The van der Waals surface area contributed by atoms with Gasteiger partial charge in [-0.15, -0.1) is 0 Å². The number of rotatable bonds is 4. The summed E-state index contributed by atoms with van der Waals surface area (Å²) in [6.45, 7) is 0. The minimum atomic E-state index is -0.865. The molecule has 116 valence electrons. The van der Waals surface area contributed by atoms with Gasteiger partial charge in [0.25, 0.3) is 0 Å². The predicted molar refractivity (Wildman–Crippen MR) is 79.5 cm³/mol. The number of benzene rings is 1. The lowest BCUT2D eigenvalue weighted by molar-refractivity contribution is -0.118. The van der Waals surface area contributed by atoms with Crippen molar-refractivity contribution in [2.75, 3.05) is 12.4 Å². The van der Waals surface area contributed by atoms with Crippen LogP contribution in [0.1, 0.15) is 38.5 Å². The van der Waals surface area contributed by atoms with Gasteiger partial charge < -0.3 is 10.6 Å². The van der Waals surface area contributed by atoms with Crippen LogP contribution in [0.4, 0.5) is 14.5 Å². The molecule has 2 N–H and O–H groups in total. The largest absolute Gasteiger partial charge is 0.322 e. The number of hydrogen-bond donors (Lipinski definition) is 2. The van der Waals surface area contributed by atoms with Crippen molar-refractivity contribution in [2.24, 2.45) is 0 Å². The topological polar surface area (TPSA) is 41.1 Å². The fraction of sp³-hybridized carbons (Fsp3) is 0.533. The lowest BCUT2D eigenvalue weighted by atomic mass is 9.79. The van der Waals surface area contributed by atoms with E-state index in [0.29, 0.717) is 6.07 Å². The lowest BCUT2D eigenvalue weighted by Crippen LogP contribution is -2.47. The highest BCUT2D eigenvalue weighted by Crippen LogP contribution is 2.32. The molecule has 6 heteroatoms. The quantitative estimate of drug-likeness (QED) is 0.885. The smallest absolute Gasteiger partial charge is 0.226 e. The van der Waals surface area contributed by atoms with Crippen molar-refractivity contribution in [2.45, 2.75) is 44.1 Å². The third-order valence-electron chi connectivity index (χ3n) is 4.11. The summed E-state index contributed by atoms with van der Waals surface area (Å²) in [6.07, 6.45) is 5.38. The molecule has 0 radical (unpaired) electrons. The van der Waals surface area contributed by atoms with Crippen LogP contribution in [-0.4, -0.2) is 18.5 Å². The van der Waals surface area contributed by atoms with E-state index < -0.39 is 11.6 Å². The number of carbonyl (C=O) groups is 1. The summed E-state index contributed by atoms with van der Waals surface area (Å²) in [6, 6.07) is 1.69. The standard InChI is InChI=1S/C15H19ClF2N2O/c1-19-15(5-3-2-4-6-15)9-13(21)20-14-11(16)7-10(17)8-12(14)18/h7-8,19H,2-6,9H2,1H3,(H,20,21). The Hall–Kier alpha value is -1.20. The maximum atomic E-state index is 13.7. The Bertz CT molecular complexity index is 507. The molecule has 1 aliphatic carbocycles. The second-order valence-corrected chi connectivity index (χ2v) is 5.97. The molecule has 0 atom stereocenters. The van der Waals surface area contributed by atoms with Gasteiger partial charge in [0.15, 0.2) is 5.82 Å². The van der Waals surface area contributed by atoms with E-state index in [4.69, 9.17) is 11.6 Å². The molecule has 1 aromatic rings. The minimum absolute atomic E-state index is 0.136. The van der Waals surface area contributed by atoms with E-state index in [2.05, 4.69) is 10.6 Å². The third-order valence-corrected chi connectivity index (χ3v) is 4.41. The van der Waals surface area contributed by atoms with Gasteiger partial charge in [0.05, 0.1) is 10.7 Å². The van der Waals surface area contributed by atoms with Crippen molar-refractivity contribution in [3.05, 3.63) is 28.8 Å². The van der Waals surface area contributed by atoms with Gasteiger partial charge in [0.2, 0.25) is 5.91 Å². The van der Waals surface area contributed by atoms with E-state index >= 15 is 0 Å². The summed E-state index contributed by atoms with van der Waals surface area (Å²) in [5.74, 6) is -1.95. The van der Waals surface area contributed by atoms with Crippen molar-refractivity contribution < 1.29 is 13.6 Å². The molecule has 1 fully saturated rings. The van der Waals surface area contributed by atoms with Crippen LogP contribution >= 0.6 is 11.6 Å². The molecule has 0 heterocycles. The van der Waals surface area contributed by atoms with Gasteiger partial charge in [0, 0.05) is 18.0 Å². The van der Waals surface area contributed by atoms with Crippen molar-refractivity contribution in [3.63, 3.8) is 0 Å². The first-order chi connectivity index (χ1) is 9.96. The average molecular weight is 317 g/mol. The number of halogens is 3. The van der Waals surface area contributed by atoms with E-state index in [1.807, 2.05) is 7.05 Å². The normalized spacial score (nSPS) is 17.5. The monoisotopic (exact) mass is 316 g/mol. The van der Waals surface area contributed by atoms with E-state index in [1.165, 1.54) is 6.42 Å². The second-order valence-electron chi connectivity index (χ2n) is 5.56. The highest BCUT2D eigenvalue weighted by Gasteiger charge is 2.32. The highest BCUT2D eigenvalue weighted by molar-refractivity contribution is 6.33. The Morgan fingerprint density at radius 3 is 2.52 bits per heavy atom. The Labute approximate surface area is 128 Å². The molecule has 1 saturated carbocycles. The van der Waals surface area contributed by atoms with Crippen molar-refractivity contribution >= 4 is 23.2 Å². The number of hydrogen-bond acceptors (Lipinski definition) is 2. The molecule has 0 aliphatic heterocycles. The summed E-state index contributed by atoms with van der Waals surface area (Å²) in [5.41, 5.74) is -0.407. The summed E-state index contributed by atoms with van der Waals surface area (Å²) in [7, 11) is 1.84. The van der Waals surface area contributed by atoms with Crippen LogP contribution in [-0.2, 0) is 4.79 Å². The van der Waals surface area contributed by atoms with E-state index in [9.17, 15) is 13.6 Å². The summed E-state index contributed by atoms with van der Waals surface area (Å²) in [5, 5.41) is 5.55. The molecule has 2 rings (SSSR count). The molecule has 3 nitrogen and oxygen atoms in total. The molecular formula is C15H19ClF2N2O.